The fraction of sp³-hybridized carbons (Fsp3) is 0.429. The monoisotopic (exact) mass is 381 g/mol. The van der Waals surface area contributed by atoms with Gasteiger partial charge < -0.3 is 15.2 Å². The number of carbonyl (C=O) groups excluding carboxylic acids is 2. The summed E-state index contributed by atoms with van der Waals surface area (Å²) >= 11 is 0. The van der Waals surface area contributed by atoms with E-state index in [4.69, 9.17) is 0 Å². The van der Waals surface area contributed by atoms with Crippen LogP contribution in [0.25, 0.3) is 6.08 Å². The smallest absolute Gasteiger partial charge is 0.244 e. The van der Waals surface area contributed by atoms with Crippen molar-refractivity contribution < 1.29 is 9.59 Å². The van der Waals surface area contributed by atoms with E-state index in [1.807, 2.05) is 30.3 Å². The highest BCUT2D eigenvalue weighted by Crippen LogP contribution is 2.14. The van der Waals surface area contributed by atoms with Crippen LogP contribution in [0.1, 0.15) is 43.4 Å². The summed E-state index contributed by atoms with van der Waals surface area (Å²) in [5.41, 5.74) is 0.933. The zero-order valence-electron chi connectivity index (χ0n) is 16.2. The van der Waals surface area contributed by atoms with Crippen LogP contribution < -0.4 is 10.6 Å². The van der Waals surface area contributed by atoms with Gasteiger partial charge in [-0.2, -0.15) is 0 Å². The van der Waals surface area contributed by atoms with Crippen LogP contribution in [0.15, 0.2) is 36.4 Å². The molecule has 28 heavy (non-hydrogen) atoms. The molecule has 0 saturated carbocycles. The van der Waals surface area contributed by atoms with Gasteiger partial charge in [0.15, 0.2) is 0 Å². The third-order valence-electron chi connectivity index (χ3n) is 4.81. The Morgan fingerprint density at radius 1 is 1.18 bits per heavy atom. The fourth-order valence-electron chi connectivity index (χ4n) is 3.24. The first-order valence-corrected chi connectivity index (χ1v) is 9.86. The molecule has 1 atom stereocenters. The molecule has 7 heteroatoms. The molecule has 0 spiro atoms. The first-order chi connectivity index (χ1) is 13.6. The van der Waals surface area contributed by atoms with Gasteiger partial charge in [-0.1, -0.05) is 36.8 Å². The summed E-state index contributed by atoms with van der Waals surface area (Å²) in [4.78, 5) is 24.2. The Balaban J connectivity index is 1.43. The Kier molecular flexibility index (Phi) is 6.94. The molecule has 0 bridgehead atoms. The summed E-state index contributed by atoms with van der Waals surface area (Å²) < 4.78 is 2.18. The molecule has 2 amide bonds. The Morgan fingerprint density at radius 2 is 2.00 bits per heavy atom. The Labute approximate surface area is 165 Å². The number of hydrogen-bond acceptors (Lipinski definition) is 4. The number of rotatable bonds is 7. The van der Waals surface area contributed by atoms with Gasteiger partial charge in [0.1, 0.15) is 17.7 Å². The van der Waals surface area contributed by atoms with Crippen molar-refractivity contribution in [2.24, 2.45) is 0 Å². The maximum atomic E-state index is 12.2. The average molecular weight is 381 g/mol. The highest BCUT2D eigenvalue weighted by molar-refractivity contribution is 5.95. The lowest BCUT2D eigenvalue weighted by atomic mass is 10.2. The highest BCUT2D eigenvalue weighted by Gasteiger charge is 2.16. The van der Waals surface area contributed by atoms with Crippen LogP contribution in [0.2, 0.25) is 0 Å². The predicted molar refractivity (Wildman–Crippen MR) is 107 cm³/mol. The number of aromatic nitrogens is 3. The van der Waals surface area contributed by atoms with Crippen LogP contribution in [-0.2, 0) is 29.0 Å². The van der Waals surface area contributed by atoms with Crippen molar-refractivity contribution in [3.05, 3.63) is 53.6 Å². The van der Waals surface area contributed by atoms with E-state index in [2.05, 4.69) is 25.4 Å². The molecule has 2 N–H and O–H groups in total. The van der Waals surface area contributed by atoms with Gasteiger partial charge in [0.2, 0.25) is 11.8 Å². The highest BCUT2D eigenvalue weighted by atomic mass is 16.2. The number of carbonyl (C=O) groups is 2. The van der Waals surface area contributed by atoms with Crippen LogP contribution in [0, 0.1) is 0 Å². The van der Waals surface area contributed by atoms with Crippen LogP contribution in [0.4, 0.5) is 0 Å². The number of nitrogens with zero attached hydrogens (tertiary/aromatic N) is 3. The van der Waals surface area contributed by atoms with Gasteiger partial charge in [-0.3, -0.25) is 9.59 Å². The summed E-state index contributed by atoms with van der Waals surface area (Å²) in [5, 5.41) is 14.1. The second-order valence-corrected chi connectivity index (χ2v) is 7.01. The molecule has 0 aliphatic carbocycles. The standard InChI is InChI=1S/C21H27N5O2/c1-16(23-20(27)12-11-17-8-4-2-5-9-17)21(28)22-14-13-19-25-24-18-10-6-3-7-15-26(18)19/h2,4-5,8-9,11-12,16H,3,6-7,10,13-15H2,1H3,(H,22,28)(H,23,27)/b12-11+. The summed E-state index contributed by atoms with van der Waals surface area (Å²) in [5.74, 6) is 1.45. The molecule has 1 aliphatic heterocycles. The zero-order chi connectivity index (χ0) is 19.8. The molecule has 7 nitrogen and oxygen atoms in total. The fourth-order valence-corrected chi connectivity index (χ4v) is 3.24. The van der Waals surface area contributed by atoms with E-state index in [-0.39, 0.29) is 11.8 Å². The van der Waals surface area contributed by atoms with Crippen molar-refractivity contribution >= 4 is 17.9 Å². The molecule has 0 saturated heterocycles. The van der Waals surface area contributed by atoms with Gasteiger partial charge in [0.25, 0.3) is 0 Å². The molecule has 1 aromatic heterocycles. The van der Waals surface area contributed by atoms with E-state index in [0.29, 0.717) is 13.0 Å². The van der Waals surface area contributed by atoms with Crippen molar-refractivity contribution in [2.75, 3.05) is 6.54 Å². The van der Waals surface area contributed by atoms with Gasteiger partial charge in [0, 0.05) is 32.0 Å². The Hall–Kier alpha value is -2.96. The van der Waals surface area contributed by atoms with Gasteiger partial charge in [-0.15, -0.1) is 10.2 Å². The van der Waals surface area contributed by atoms with Crippen molar-refractivity contribution in [3.63, 3.8) is 0 Å². The minimum absolute atomic E-state index is 0.211. The molecule has 2 aromatic rings. The summed E-state index contributed by atoms with van der Waals surface area (Å²) in [6.45, 7) is 3.09. The van der Waals surface area contributed by atoms with Crippen LogP contribution in [0.5, 0.6) is 0 Å². The molecular weight excluding hydrogens is 354 g/mol. The molecule has 1 aliphatic rings. The number of amides is 2. The van der Waals surface area contributed by atoms with Crippen molar-refractivity contribution in [2.45, 2.75) is 51.6 Å². The number of fused-ring (bicyclic) bond motifs is 1. The summed E-state index contributed by atoms with van der Waals surface area (Å²) in [6, 6.07) is 8.93. The number of hydrogen-bond donors (Lipinski definition) is 2. The second-order valence-electron chi connectivity index (χ2n) is 7.01. The maximum absolute atomic E-state index is 12.2. The lowest BCUT2D eigenvalue weighted by molar-refractivity contribution is -0.126. The van der Waals surface area contributed by atoms with E-state index >= 15 is 0 Å². The third kappa shape index (κ3) is 5.52. The molecule has 1 aromatic carbocycles. The molecule has 0 radical (unpaired) electrons. The van der Waals surface area contributed by atoms with E-state index in [1.54, 1.807) is 13.0 Å². The van der Waals surface area contributed by atoms with Gasteiger partial charge >= 0.3 is 0 Å². The van der Waals surface area contributed by atoms with Crippen LogP contribution in [-0.4, -0.2) is 39.2 Å². The lowest BCUT2D eigenvalue weighted by Gasteiger charge is -2.13. The SMILES string of the molecule is CC(NC(=O)/C=C/c1ccccc1)C(=O)NCCc1nnc2n1CCCCC2. The quantitative estimate of drug-likeness (QED) is 0.717. The van der Waals surface area contributed by atoms with E-state index in [0.717, 1.165) is 43.0 Å². The molecular formula is C21H27N5O2. The first kappa shape index (κ1) is 19.8. The summed E-state index contributed by atoms with van der Waals surface area (Å²) in [6.07, 6.45) is 8.28. The normalized spacial score (nSPS) is 14.9. The molecule has 2 heterocycles. The van der Waals surface area contributed by atoms with Crippen molar-refractivity contribution in [3.8, 4) is 0 Å². The predicted octanol–water partition coefficient (Wildman–Crippen LogP) is 1.88. The minimum atomic E-state index is -0.608. The van der Waals surface area contributed by atoms with Crippen molar-refractivity contribution in [1.29, 1.82) is 0 Å². The molecule has 148 valence electrons. The van der Waals surface area contributed by atoms with Gasteiger partial charge in [0.05, 0.1) is 0 Å². The Morgan fingerprint density at radius 3 is 2.82 bits per heavy atom. The van der Waals surface area contributed by atoms with Crippen LogP contribution >= 0.6 is 0 Å². The third-order valence-corrected chi connectivity index (χ3v) is 4.81. The maximum Gasteiger partial charge on any atom is 0.244 e. The summed E-state index contributed by atoms with van der Waals surface area (Å²) in [7, 11) is 0. The second kappa shape index (κ2) is 9.82. The number of aryl methyl sites for hydroxylation is 1. The zero-order valence-corrected chi connectivity index (χ0v) is 16.2. The molecule has 3 rings (SSSR count). The van der Waals surface area contributed by atoms with Gasteiger partial charge in [-0.25, -0.2) is 0 Å². The van der Waals surface area contributed by atoms with Crippen LogP contribution in [0.3, 0.4) is 0 Å². The molecule has 0 fully saturated rings. The average Bonchev–Trinajstić information content (AvgIpc) is 2.93. The van der Waals surface area contributed by atoms with E-state index in [1.165, 1.54) is 12.5 Å². The topological polar surface area (TPSA) is 88.9 Å². The number of nitrogens with one attached hydrogen (secondary N) is 2. The lowest BCUT2D eigenvalue weighted by Crippen LogP contribution is -2.44. The minimum Gasteiger partial charge on any atom is -0.354 e. The van der Waals surface area contributed by atoms with E-state index < -0.39 is 6.04 Å². The first-order valence-electron chi connectivity index (χ1n) is 9.86. The van der Waals surface area contributed by atoms with E-state index in [9.17, 15) is 9.59 Å². The van der Waals surface area contributed by atoms with Crippen molar-refractivity contribution in [1.82, 2.24) is 25.4 Å². The number of benzene rings is 1. The Bertz CT molecular complexity index is 829. The molecule has 1 unspecified atom stereocenters. The van der Waals surface area contributed by atoms with Gasteiger partial charge in [-0.05, 0) is 31.4 Å². The largest absolute Gasteiger partial charge is 0.354 e.